The van der Waals surface area contributed by atoms with Crippen molar-refractivity contribution in [2.24, 2.45) is 5.73 Å². The molecule has 1 aliphatic heterocycles. The van der Waals surface area contributed by atoms with Gasteiger partial charge in [0.25, 0.3) is 0 Å². The van der Waals surface area contributed by atoms with Crippen LogP contribution in [0.2, 0.25) is 0 Å². The van der Waals surface area contributed by atoms with E-state index >= 15 is 0 Å². The quantitative estimate of drug-likeness (QED) is 0.779. The Bertz CT molecular complexity index is 511. The fourth-order valence-electron chi connectivity index (χ4n) is 1.61. The van der Waals surface area contributed by atoms with Crippen LogP contribution in [-0.2, 0) is 14.3 Å². The molecule has 7 heteroatoms. The number of rotatable bonds is 3. The predicted octanol–water partition coefficient (Wildman–Crippen LogP) is 0.649. The monoisotopic (exact) mass is 264 g/mol. The number of carbonyl (C=O) groups is 3. The fourth-order valence-corrected chi connectivity index (χ4v) is 1.61. The Balaban J connectivity index is 1.99. The fraction of sp³-hybridized carbons (Fsp3) is 0.250. The second kappa shape index (κ2) is 5.38. The molecule has 0 unspecified atom stereocenters. The molecule has 0 radical (unpaired) electrons. The summed E-state index contributed by atoms with van der Waals surface area (Å²) in [7, 11) is 0. The van der Waals surface area contributed by atoms with Crippen LogP contribution in [0.25, 0.3) is 0 Å². The highest BCUT2D eigenvalue weighted by Gasteiger charge is 2.30. The largest absolute Gasteiger partial charge is 0.463 e. The van der Waals surface area contributed by atoms with Crippen LogP contribution >= 0.6 is 0 Å². The minimum atomic E-state index is -0.837. The zero-order valence-electron chi connectivity index (χ0n) is 9.92. The average Bonchev–Trinajstić information content (AvgIpc) is 2.75. The Morgan fingerprint density at radius 3 is 2.53 bits per heavy atom. The zero-order chi connectivity index (χ0) is 13.8. The van der Waals surface area contributed by atoms with E-state index in [1.165, 1.54) is 24.3 Å². The summed E-state index contributed by atoms with van der Waals surface area (Å²) in [6.45, 7) is 0.262. The molecular weight excluding hydrogens is 252 g/mol. The number of esters is 2. The van der Waals surface area contributed by atoms with Gasteiger partial charge >= 0.3 is 18.0 Å². The maximum atomic E-state index is 11.7. The van der Waals surface area contributed by atoms with Crippen molar-refractivity contribution in [3.8, 4) is 0 Å². The molecule has 2 rings (SSSR count). The molecule has 0 spiro atoms. The number of hydrogen-bond donors (Lipinski definition) is 2. The molecule has 100 valence electrons. The molecular formula is C12H12N2O5. The van der Waals surface area contributed by atoms with Gasteiger partial charge in [0.05, 0.1) is 12.2 Å². The molecule has 0 saturated carbocycles. The Morgan fingerprint density at radius 2 is 2.00 bits per heavy atom. The van der Waals surface area contributed by atoms with E-state index in [0.29, 0.717) is 12.1 Å². The molecule has 1 aliphatic rings. The van der Waals surface area contributed by atoms with Gasteiger partial charge in [0, 0.05) is 12.1 Å². The summed E-state index contributed by atoms with van der Waals surface area (Å²) in [6.07, 6.45) is -0.470. The third kappa shape index (κ3) is 3.21. The molecule has 7 nitrogen and oxygen atoms in total. The molecule has 1 atom stereocenters. The van der Waals surface area contributed by atoms with Crippen molar-refractivity contribution in [2.45, 2.75) is 12.5 Å². The van der Waals surface area contributed by atoms with Crippen molar-refractivity contribution in [3.05, 3.63) is 29.8 Å². The molecule has 0 aromatic heterocycles. The first kappa shape index (κ1) is 12.9. The van der Waals surface area contributed by atoms with E-state index in [2.05, 4.69) is 10.1 Å². The van der Waals surface area contributed by atoms with Crippen LogP contribution in [0.5, 0.6) is 0 Å². The number of carbonyl (C=O) groups excluding carboxylic acids is 3. The normalized spacial score (nSPS) is 17.7. The SMILES string of the molecule is NC(=O)Nc1ccc(C(=O)O[C@H]2CCOC2=O)cc1. The van der Waals surface area contributed by atoms with E-state index in [9.17, 15) is 14.4 Å². The van der Waals surface area contributed by atoms with Gasteiger partial charge in [-0.1, -0.05) is 0 Å². The summed E-state index contributed by atoms with van der Waals surface area (Å²) >= 11 is 0. The van der Waals surface area contributed by atoms with Gasteiger partial charge in [-0.3, -0.25) is 0 Å². The predicted molar refractivity (Wildman–Crippen MR) is 64.4 cm³/mol. The third-order valence-electron chi connectivity index (χ3n) is 2.52. The van der Waals surface area contributed by atoms with Gasteiger partial charge < -0.3 is 20.5 Å². The molecule has 1 aromatic carbocycles. The maximum Gasteiger partial charge on any atom is 0.347 e. The van der Waals surface area contributed by atoms with E-state index < -0.39 is 24.1 Å². The van der Waals surface area contributed by atoms with Crippen LogP contribution in [-0.4, -0.2) is 30.7 Å². The first-order valence-corrected chi connectivity index (χ1v) is 5.60. The number of ether oxygens (including phenoxy) is 2. The van der Waals surface area contributed by atoms with Crippen LogP contribution in [0, 0.1) is 0 Å². The number of nitrogens with one attached hydrogen (secondary N) is 1. The summed E-state index contributed by atoms with van der Waals surface area (Å²) in [5.74, 6) is -1.14. The van der Waals surface area contributed by atoms with Crippen LogP contribution in [0.4, 0.5) is 10.5 Å². The number of hydrogen-bond acceptors (Lipinski definition) is 5. The number of anilines is 1. The van der Waals surface area contributed by atoms with Crippen molar-refractivity contribution in [3.63, 3.8) is 0 Å². The highest BCUT2D eigenvalue weighted by Crippen LogP contribution is 2.15. The lowest BCUT2D eigenvalue weighted by Crippen LogP contribution is -2.22. The number of benzene rings is 1. The van der Waals surface area contributed by atoms with E-state index in [1.807, 2.05) is 0 Å². The lowest BCUT2D eigenvalue weighted by Gasteiger charge is -2.08. The lowest BCUT2D eigenvalue weighted by molar-refractivity contribution is -0.145. The van der Waals surface area contributed by atoms with E-state index in [1.54, 1.807) is 0 Å². The molecule has 3 N–H and O–H groups in total. The highest BCUT2D eigenvalue weighted by atomic mass is 16.6. The number of cyclic esters (lactones) is 1. The Kier molecular flexibility index (Phi) is 3.65. The van der Waals surface area contributed by atoms with E-state index in [-0.39, 0.29) is 12.2 Å². The van der Waals surface area contributed by atoms with Crippen molar-refractivity contribution >= 4 is 23.7 Å². The second-order valence-corrected chi connectivity index (χ2v) is 3.92. The average molecular weight is 264 g/mol. The number of nitrogens with two attached hydrogens (primary N) is 1. The lowest BCUT2D eigenvalue weighted by atomic mass is 10.2. The molecule has 1 aromatic rings. The maximum absolute atomic E-state index is 11.7. The number of urea groups is 1. The first-order valence-electron chi connectivity index (χ1n) is 5.60. The van der Waals surface area contributed by atoms with Gasteiger partial charge in [0.1, 0.15) is 0 Å². The van der Waals surface area contributed by atoms with E-state index in [0.717, 1.165) is 0 Å². The Labute approximate surface area is 108 Å². The second-order valence-electron chi connectivity index (χ2n) is 3.92. The summed E-state index contributed by atoms with van der Waals surface area (Å²) < 4.78 is 9.69. The molecule has 1 saturated heterocycles. The topological polar surface area (TPSA) is 108 Å². The minimum absolute atomic E-state index is 0.262. The van der Waals surface area contributed by atoms with Gasteiger partial charge in [0.2, 0.25) is 6.10 Å². The zero-order valence-corrected chi connectivity index (χ0v) is 9.92. The van der Waals surface area contributed by atoms with Crippen LogP contribution in [0.1, 0.15) is 16.8 Å². The summed E-state index contributed by atoms with van der Waals surface area (Å²) in [4.78, 5) is 33.5. The Morgan fingerprint density at radius 1 is 1.32 bits per heavy atom. The molecule has 2 amide bonds. The number of amides is 2. The molecule has 0 aliphatic carbocycles. The summed E-state index contributed by atoms with van der Waals surface area (Å²) in [6, 6.07) is 5.26. The van der Waals surface area contributed by atoms with Crippen molar-refractivity contribution < 1.29 is 23.9 Å². The summed E-state index contributed by atoms with van der Waals surface area (Å²) in [5.41, 5.74) is 5.69. The highest BCUT2D eigenvalue weighted by molar-refractivity contribution is 5.93. The van der Waals surface area contributed by atoms with Crippen LogP contribution in [0.3, 0.4) is 0 Å². The summed E-state index contributed by atoms with van der Waals surface area (Å²) in [5, 5.41) is 2.36. The van der Waals surface area contributed by atoms with E-state index in [4.69, 9.17) is 10.5 Å². The molecule has 1 fully saturated rings. The van der Waals surface area contributed by atoms with Gasteiger partial charge in [-0.25, -0.2) is 14.4 Å². The minimum Gasteiger partial charge on any atom is -0.463 e. The molecule has 0 bridgehead atoms. The van der Waals surface area contributed by atoms with Gasteiger partial charge in [-0.2, -0.15) is 0 Å². The smallest absolute Gasteiger partial charge is 0.347 e. The first-order chi connectivity index (χ1) is 9.06. The molecule has 19 heavy (non-hydrogen) atoms. The van der Waals surface area contributed by atoms with Crippen molar-refractivity contribution in [2.75, 3.05) is 11.9 Å². The standard InChI is InChI=1S/C12H12N2O5/c13-12(17)14-8-3-1-7(2-4-8)10(15)19-9-5-6-18-11(9)16/h1-4,9H,5-6H2,(H3,13,14,17)/t9-/m0/s1. The van der Waals surface area contributed by atoms with Crippen LogP contribution < -0.4 is 11.1 Å². The number of primary amides is 1. The van der Waals surface area contributed by atoms with Crippen molar-refractivity contribution in [1.29, 1.82) is 0 Å². The molecule has 1 heterocycles. The van der Waals surface area contributed by atoms with Crippen LogP contribution in [0.15, 0.2) is 24.3 Å². The van der Waals surface area contributed by atoms with Gasteiger partial charge in [-0.05, 0) is 24.3 Å². The third-order valence-corrected chi connectivity index (χ3v) is 2.52. The Hall–Kier alpha value is -2.57. The van der Waals surface area contributed by atoms with Gasteiger partial charge in [0.15, 0.2) is 0 Å². The van der Waals surface area contributed by atoms with Gasteiger partial charge in [-0.15, -0.1) is 0 Å². The van der Waals surface area contributed by atoms with Crippen molar-refractivity contribution in [1.82, 2.24) is 0 Å².